The van der Waals surface area contributed by atoms with Crippen molar-refractivity contribution in [3.05, 3.63) is 29.8 Å². The number of nitrogens with zero attached hydrogens (tertiary/aromatic N) is 2. The van der Waals surface area contributed by atoms with Gasteiger partial charge in [-0.2, -0.15) is 4.31 Å². The van der Waals surface area contributed by atoms with E-state index in [0.29, 0.717) is 31.1 Å². The quantitative estimate of drug-likeness (QED) is 0.798. The molecule has 25 heavy (non-hydrogen) atoms. The molecule has 1 fully saturated rings. The Kier molecular flexibility index (Phi) is 6.98. The summed E-state index contributed by atoms with van der Waals surface area (Å²) in [6.45, 7) is 10.4. The van der Waals surface area contributed by atoms with E-state index >= 15 is 0 Å². The number of benzene rings is 1. The summed E-state index contributed by atoms with van der Waals surface area (Å²) in [6.07, 6.45) is 0.919. The van der Waals surface area contributed by atoms with Crippen LogP contribution in [0.15, 0.2) is 29.2 Å². The second-order valence-electron chi connectivity index (χ2n) is 6.80. The summed E-state index contributed by atoms with van der Waals surface area (Å²) >= 11 is 0. The third-order valence-electron chi connectivity index (χ3n) is 4.54. The molecule has 0 unspecified atom stereocenters. The predicted molar refractivity (Wildman–Crippen MR) is 99.1 cm³/mol. The third kappa shape index (κ3) is 5.26. The van der Waals surface area contributed by atoms with E-state index in [1.807, 2.05) is 0 Å². The van der Waals surface area contributed by atoms with E-state index in [2.05, 4.69) is 31.0 Å². The lowest BCUT2D eigenvalue weighted by molar-refractivity contribution is 0.0952. The van der Waals surface area contributed by atoms with Gasteiger partial charge in [0.15, 0.2) is 0 Å². The first kappa shape index (κ1) is 19.9. The Balaban J connectivity index is 2.00. The minimum absolute atomic E-state index is 0.166. The van der Waals surface area contributed by atoms with Crippen molar-refractivity contribution in [3.63, 3.8) is 0 Å². The molecule has 0 aliphatic carbocycles. The van der Waals surface area contributed by atoms with Crippen LogP contribution < -0.4 is 5.32 Å². The van der Waals surface area contributed by atoms with E-state index in [4.69, 9.17) is 0 Å². The fraction of sp³-hybridized carbons (Fsp3) is 0.611. The Morgan fingerprint density at radius 1 is 1.12 bits per heavy atom. The van der Waals surface area contributed by atoms with E-state index in [1.54, 1.807) is 12.1 Å². The van der Waals surface area contributed by atoms with Gasteiger partial charge in [0.25, 0.3) is 5.91 Å². The average molecular weight is 368 g/mol. The van der Waals surface area contributed by atoms with Gasteiger partial charge in [-0.25, -0.2) is 8.42 Å². The first-order valence-corrected chi connectivity index (χ1v) is 10.4. The molecule has 1 aliphatic heterocycles. The lowest BCUT2D eigenvalue weighted by Gasteiger charge is -2.33. The second kappa shape index (κ2) is 8.78. The maximum absolute atomic E-state index is 12.7. The van der Waals surface area contributed by atoms with Gasteiger partial charge in [0.05, 0.1) is 4.90 Å². The highest BCUT2D eigenvalue weighted by atomic mass is 32.2. The number of amides is 1. The molecule has 1 aromatic carbocycles. The van der Waals surface area contributed by atoms with Gasteiger partial charge in [0.2, 0.25) is 10.0 Å². The van der Waals surface area contributed by atoms with Gasteiger partial charge in [0, 0.05) is 38.3 Å². The molecule has 1 saturated heterocycles. The second-order valence-corrected chi connectivity index (χ2v) is 8.74. The van der Waals surface area contributed by atoms with Crippen LogP contribution in [0.1, 0.15) is 37.6 Å². The fourth-order valence-corrected chi connectivity index (χ4v) is 4.21. The lowest BCUT2D eigenvalue weighted by atomic mass is 10.1. The molecule has 0 atom stereocenters. The summed E-state index contributed by atoms with van der Waals surface area (Å²) in [6, 6.07) is 6.22. The van der Waals surface area contributed by atoms with Crippen LogP contribution in [-0.4, -0.2) is 62.8 Å². The monoisotopic (exact) mass is 367 g/mol. The van der Waals surface area contributed by atoms with Crippen molar-refractivity contribution in [3.8, 4) is 0 Å². The standard InChI is InChI=1S/C18H29N3O3S/c1-4-20-11-13-21(14-12-20)25(23,24)17-7-5-16(6-8-17)18(22)19-10-9-15(2)3/h5-8,15H,4,9-14H2,1-3H3,(H,19,22). The molecule has 1 heterocycles. The Morgan fingerprint density at radius 2 is 1.72 bits per heavy atom. The van der Waals surface area contributed by atoms with Crippen LogP contribution in [0, 0.1) is 5.92 Å². The van der Waals surface area contributed by atoms with Crippen LogP contribution in [0.2, 0.25) is 0 Å². The molecule has 6 nitrogen and oxygen atoms in total. The average Bonchev–Trinajstić information content (AvgIpc) is 2.61. The normalized spacial score (nSPS) is 17.0. The summed E-state index contributed by atoms with van der Waals surface area (Å²) in [5.74, 6) is 0.363. The van der Waals surface area contributed by atoms with Crippen molar-refractivity contribution in [1.29, 1.82) is 0 Å². The van der Waals surface area contributed by atoms with Crippen molar-refractivity contribution >= 4 is 15.9 Å². The third-order valence-corrected chi connectivity index (χ3v) is 6.45. The molecule has 1 N–H and O–H groups in total. The molecule has 1 aliphatic rings. The highest BCUT2D eigenvalue weighted by Crippen LogP contribution is 2.18. The summed E-state index contributed by atoms with van der Waals surface area (Å²) < 4.78 is 27.0. The fourth-order valence-electron chi connectivity index (χ4n) is 2.79. The molecule has 0 radical (unpaired) electrons. The maximum atomic E-state index is 12.7. The Hall–Kier alpha value is -1.44. The van der Waals surface area contributed by atoms with E-state index in [0.717, 1.165) is 26.1 Å². The minimum atomic E-state index is -3.49. The number of rotatable bonds is 7. The molecule has 7 heteroatoms. The Labute approximate surface area is 151 Å². The summed E-state index contributed by atoms with van der Waals surface area (Å²) in [5.41, 5.74) is 0.485. The summed E-state index contributed by atoms with van der Waals surface area (Å²) in [4.78, 5) is 14.6. The number of carbonyl (C=O) groups excluding carboxylic acids is 1. The predicted octanol–water partition coefficient (Wildman–Crippen LogP) is 1.79. The van der Waals surface area contributed by atoms with Crippen LogP contribution in [0.25, 0.3) is 0 Å². The van der Waals surface area contributed by atoms with Gasteiger partial charge in [0.1, 0.15) is 0 Å². The van der Waals surface area contributed by atoms with E-state index in [-0.39, 0.29) is 10.8 Å². The highest BCUT2D eigenvalue weighted by Gasteiger charge is 2.28. The molecular weight excluding hydrogens is 338 g/mol. The van der Waals surface area contributed by atoms with E-state index < -0.39 is 10.0 Å². The molecule has 1 aromatic rings. The highest BCUT2D eigenvalue weighted by molar-refractivity contribution is 7.89. The van der Waals surface area contributed by atoms with Crippen molar-refractivity contribution in [2.45, 2.75) is 32.1 Å². The number of likely N-dealkylation sites (N-methyl/N-ethyl adjacent to an activating group) is 1. The smallest absolute Gasteiger partial charge is 0.251 e. The maximum Gasteiger partial charge on any atom is 0.251 e. The van der Waals surface area contributed by atoms with Crippen LogP contribution >= 0.6 is 0 Å². The van der Waals surface area contributed by atoms with Gasteiger partial charge >= 0.3 is 0 Å². The number of piperazine rings is 1. The molecule has 0 aromatic heterocycles. The van der Waals surface area contributed by atoms with Crippen LogP contribution in [0.4, 0.5) is 0 Å². The van der Waals surface area contributed by atoms with Crippen LogP contribution in [0.3, 0.4) is 0 Å². The number of carbonyl (C=O) groups is 1. The summed E-state index contributed by atoms with van der Waals surface area (Å²) in [5, 5.41) is 2.86. The minimum Gasteiger partial charge on any atom is -0.352 e. The number of hydrogen-bond acceptors (Lipinski definition) is 4. The van der Waals surface area contributed by atoms with Gasteiger partial charge < -0.3 is 10.2 Å². The first-order chi connectivity index (χ1) is 11.8. The largest absolute Gasteiger partial charge is 0.352 e. The Morgan fingerprint density at radius 3 is 2.24 bits per heavy atom. The van der Waals surface area contributed by atoms with Gasteiger partial charge in [-0.1, -0.05) is 20.8 Å². The number of sulfonamides is 1. The van der Waals surface area contributed by atoms with Crippen molar-refractivity contribution < 1.29 is 13.2 Å². The van der Waals surface area contributed by atoms with Gasteiger partial charge in [-0.05, 0) is 43.1 Å². The molecule has 0 bridgehead atoms. The number of hydrogen-bond donors (Lipinski definition) is 1. The molecule has 2 rings (SSSR count). The van der Waals surface area contributed by atoms with E-state index in [9.17, 15) is 13.2 Å². The van der Waals surface area contributed by atoms with E-state index in [1.165, 1.54) is 16.4 Å². The Bertz CT molecular complexity index is 663. The SMILES string of the molecule is CCN1CCN(S(=O)(=O)c2ccc(C(=O)NCCC(C)C)cc2)CC1. The van der Waals surface area contributed by atoms with Crippen molar-refractivity contribution in [2.24, 2.45) is 5.92 Å². The van der Waals surface area contributed by atoms with Gasteiger partial charge in [-0.15, -0.1) is 0 Å². The molecule has 0 spiro atoms. The van der Waals surface area contributed by atoms with Crippen molar-refractivity contribution in [1.82, 2.24) is 14.5 Å². The lowest BCUT2D eigenvalue weighted by Crippen LogP contribution is -2.48. The zero-order valence-electron chi connectivity index (χ0n) is 15.4. The molecule has 1 amide bonds. The van der Waals surface area contributed by atoms with Crippen LogP contribution in [-0.2, 0) is 10.0 Å². The van der Waals surface area contributed by atoms with Crippen LogP contribution in [0.5, 0.6) is 0 Å². The molecule has 140 valence electrons. The molecule has 0 saturated carbocycles. The van der Waals surface area contributed by atoms with Crippen molar-refractivity contribution in [2.75, 3.05) is 39.3 Å². The topological polar surface area (TPSA) is 69.7 Å². The zero-order chi connectivity index (χ0) is 18.4. The summed E-state index contributed by atoms with van der Waals surface area (Å²) in [7, 11) is -3.49. The zero-order valence-corrected chi connectivity index (χ0v) is 16.2. The van der Waals surface area contributed by atoms with Gasteiger partial charge in [-0.3, -0.25) is 4.79 Å². The number of nitrogens with one attached hydrogen (secondary N) is 1. The first-order valence-electron chi connectivity index (χ1n) is 8.95. The molecular formula is C18H29N3O3S.